The maximum atomic E-state index is 12.5. The monoisotopic (exact) mass is 397 g/mol. The predicted molar refractivity (Wildman–Crippen MR) is 114 cm³/mol. The van der Waals surface area contributed by atoms with Crippen molar-refractivity contribution in [1.29, 1.82) is 0 Å². The van der Waals surface area contributed by atoms with E-state index in [1.54, 1.807) is 0 Å². The molecular weight excluding hydrogens is 366 g/mol. The standard InChI is InChI=1S/C24H31NO4/c1-24(2,3)29-23(26)25-17-8-7-9-19(25)16-18-27-20-12-14-22(15-13-20)28-21-10-5-4-6-11-21/h4-6,10-15,19H,7-9,16-18H2,1-3H3. The molecule has 156 valence electrons. The average molecular weight is 398 g/mol. The van der Waals surface area contributed by atoms with Crippen LogP contribution >= 0.6 is 0 Å². The van der Waals surface area contributed by atoms with Crippen molar-refractivity contribution >= 4 is 6.09 Å². The summed E-state index contributed by atoms with van der Waals surface area (Å²) in [6, 6.07) is 17.5. The van der Waals surface area contributed by atoms with E-state index in [1.165, 1.54) is 0 Å². The summed E-state index contributed by atoms with van der Waals surface area (Å²) < 4.78 is 17.3. The second kappa shape index (κ2) is 9.68. The Morgan fingerprint density at radius 2 is 1.62 bits per heavy atom. The van der Waals surface area contributed by atoms with Crippen molar-refractivity contribution in [1.82, 2.24) is 4.90 Å². The number of ether oxygens (including phenoxy) is 3. The number of hydrogen-bond acceptors (Lipinski definition) is 4. The minimum Gasteiger partial charge on any atom is -0.494 e. The zero-order valence-corrected chi connectivity index (χ0v) is 17.6. The van der Waals surface area contributed by atoms with Gasteiger partial charge in [0.15, 0.2) is 0 Å². The Balaban J connectivity index is 1.48. The highest BCUT2D eigenvalue weighted by molar-refractivity contribution is 5.68. The third kappa shape index (κ3) is 6.70. The summed E-state index contributed by atoms with van der Waals surface area (Å²) in [5.41, 5.74) is -0.473. The molecule has 0 bridgehead atoms. The van der Waals surface area contributed by atoms with Gasteiger partial charge in [-0.3, -0.25) is 0 Å². The van der Waals surface area contributed by atoms with Crippen molar-refractivity contribution < 1.29 is 19.0 Å². The van der Waals surface area contributed by atoms with Crippen LogP contribution in [0.5, 0.6) is 17.2 Å². The summed E-state index contributed by atoms with van der Waals surface area (Å²) in [7, 11) is 0. The molecule has 5 heteroatoms. The topological polar surface area (TPSA) is 48.0 Å². The lowest BCUT2D eigenvalue weighted by atomic mass is 10.0. The van der Waals surface area contributed by atoms with Crippen LogP contribution < -0.4 is 9.47 Å². The molecular formula is C24H31NO4. The number of likely N-dealkylation sites (tertiary alicyclic amines) is 1. The summed E-state index contributed by atoms with van der Waals surface area (Å²) in [5, 5.41) is 0. The third-order valence-electron chi connectivity index (χ3n) is 4.78. The van der Waals surface area contributed by atoms with E-state index in [1.807, 2.05) is 80.3 Å². The highest BCUT2D eigenvalue weighted by atomic mass is 16.6. The number of carbonyl (C=O) groups excluding carboxylic acids is 1. The summed E-state index contributed by atoms with van der Waals surface area (Å²) in [6.07, 6.45) is 3.73. The summed E-state index contributed by atoms with van der Waals surface area (Å²) in [5.74, 6) is 2.37. The number of rotatable bonds is 6. The van der Waals surface area contributed by atoms with Crippen LogP contribution in [0.1, 0.15) is 46.5 Å². The fourth-order valence-corrected chi connectivity index (χ4v) is 3.40. The van der Waals surface area contributed by atoms with Gasteiger partial charge in [0.1, 0.15) is 22.8 Å². The normalized spacial score (nSPS) is 16.9. The highest BCUT2D eigenvalue weighted by Crippen LogP contribution is 2.25. The fraction of sp³-hybridized carbons (Fsp3) is 0.458. The van der Waals surface area contributed by atoms with E-state index >= 15 is 0 Å². The van der Waals surface area contributed by atoms with Crippen LogP contribution in [0.15, 0.2) is 54.6 Å². The van der Waals surface area contributed by atoms with Gasteiger partial charge >= 0.3 is 6.09 Å². The smallest absolute Gasteiger partial charge is 0.410 e. The molecule has 0 saturated carbocycles. The lowest BCUT2D eigenvalue weighted by Crippen LogP contribution is -2.46. The van der Waals surface area contributed by atoms with Gasteiger partial charge in [-0.05, 0) is 76.4 Å². The molecule has 0 N–H and O–H groups in total. The van der Waals surface area contributed by atoms with Crippen molar-refractivity contribution in [3.05, 3.63) is 54.6 Å². The van der Waals surface area contributed by atoms with E-state index in [2.05, 4.69) is 0 Å². The number of hydrogen-bond donors (Lipinski definition) is 0. The number of benzene rings is 2. The summed E-state index contributed by atoms with van der Waals surface area (Å²) >= 11 is 0. The van der Waals surface area contributed by atoms with Gasteiger partial charge in [0.2, 0.25) is 0 Å². The minimum absolute atomic E-state index is 0.166. The van der Waals surface area contributed by atoms with Crippen molar-refractivity contribution in [2.24, 2.45) is 0 Å². The molecule has 0 spiro atoms. The first-order valence-corrected chi connectivity index (χ1v) is 10.4. The lowest BCUT2D eigenvalue weighted by Gasteiger charge is -2.36. The number of piperidine rings is 1. The molecule has 2 aromatic rings. The summed E-state index contributed by atoms with van der Waals surface area (Å²) in [6.45, 7) is 7.02. The molecule has 1 amide bonds. The average Bonchev–Trinajstić information content (AvgIpc) is 2.69. The molecule has 0 aliphatic carbocycles. The van der Waals surface area contributed by atoms with Crippen molar-refractivity contribution in [3.63, 3.8) is 0 Å². The Morgan fingerprint density at radius 3 is 2.31 bits per heavy atom. The molecule has 2 aromatic carbocycles. The zero-order valence-electron chi connectivity index (χ0n) is 17.6. The van der Waals surface area contributed by atoms with Crippen molar-refractivity contribution in [2.45, 2.75) is 58.1 Å². The third-order valence-corrected chi connectivity index (χ3v) is 4.78. The van der Waals surface area contributed by atoms with E-state index in [-0.39, 0.29) is 12.1 Å². The molecule has 1 fully saturated rings. The Morgan fingerprint density at radius 1 is 0.966 bits per heavy atom. The zero-order chi connectivity index (χ0) is 20.7. The molecule has 0 aromatic heterocycles. The van der Waals surface area contributed by atoms with Crippen LogP contribution in [0.2, 0.25) is 0 Å². The molecule has 0 radical (unpaired) electrons. The Bertz CT molecular complexity index is 768. The molecule has 1 aliphatic rings. The van der Waals surface area contributed by atoms with Gasteiger partial charge in [-0.15, -0.1) is 0 Å². The second-order valence-electron chi connectivity index (χ2n) is 8.35. The number of amides is 1. The number of carbonyl (C=O) groups is 1. The molecule has 1 aliphatic heterocycles. The highest BCUT2D eigenvalue weighted by Gasteiger charge is 2.30. The lowest BCUT2D eigenvalue weighted by molar-refractivity contribution is 0.00743. The fourth-order valence-electron chi connectivity index (χ4n) is 3.40. The largest absolute Gasteiger partial charge is 0.494 e. The molecule has 29 heavy (non-hydrogen) atoms. The SMILES string of the molecule is CC(C)(C)OC(=O)N1CCCCC1CCOc1ccc(Oc2ccccc2)cc1. The van der Waals surface area contributed by atoms with Crippen LogP contribution in [-0.2, 0) is 4.74 Å². The Labute approximate surface area is 173 Å². The second-order valence-corrected chi connectivity index (χ2v) is 8.35. The van der Waals surface area contributed by atoms with Crippen LogP contribution in [0.4, 0.5) is 4.79 Å². The first-order chi connectivity index (χ1) is 13.9. The molecule has 1 unspecified atom stereocenters. The van der Waals surface area contributed by atoms with Gasteiger partial charge < -0.3 is 19.1 Å². The van der Waals surface area contributed by atoms with Crippen LogP contribution in [0.3, 0.4) is 0 Å². The molecule has 5 nitrogen and oxygen atoms in total. The van der Waals surface area contributed by atoms with Crippen LogP contribution in [-0.4, -0.2) is 35.8 Å². The predicted octanol–water partition coefficient (Wildman–Crippen LogP) is 6.04. The van der Waals surface area contributed by atoms with E-state index < -0.39 is 5.60 Å². The van der Waals surface area contributed by atoms with E-state index in [0.29, 0.717) is 6.61 Å². The maximum Gasteiger partial charge on any atom is 0.410 e. The first kappa shape index (κ1) is 21.0. The van der Waals surface area contributed by atoms with Crippen molar-refractivity contribution in [3.8, 4) is 17.2 Å². The summed E-state index contributed by atoms with van der Waals surface area (Å²) in [4.78, 5) is 14.4. The van der Waals surface area contributed by atoms with Gasteiger partial charge in [-0.1, -0.05) is 18.2 Å². The maximum absolute atomic E-state index is 12.5. The molecule has 3 rings (SSSR count). The minimum atomic E-state index is -0.473. The molecule has 1 atom stereocenters. The first-order valence-electron chi connectivity index (χ1n) is 10.4. The Hall–Kier alpha value is -2.69. The quantitative estimate of drug-likeness (QED) is 0.596. The van der Waals surface area contributed by atoms with Gasteiger partial charge in [-0.25, -0.2) is 4.79 Å². The van der Waals surface area contributed by atoms with E-state index in [9.17, 15) is 4.79 Å². The number of nitrogens with zero attached hydrogens (tertiary/aromatic N) is 1. The van der Waals surface area contributed by atoms with E-state index in [0.717, 1.165) is 49.5 Å². The van der Waals surface area contributed by atoms with Crippen LogP contribution in [0, 0.1) is 0 Å². The Kier molecular flexibility index (Phi) is 7.02. The van der Waals surface area contributed by atoms with Crippen molar-refractivity contribution in [2.75, 3.05) is 13.2 Å². The van der Waals surface area contributed by atoms with E-state index in [4.69, 9.17) is 14.2 Å². The van der Waals surface area contributed by atoms with Gasteiger partial charge in [0.05, 0.1) is 6.61 Å². The molecule has 1 saturated heterocycles. The number of para-hydroxylation sites is 1. The van der Waals surface area contributed by atoms with Gasteiger partial charge in [0, 0.05) is 19.0 Å². The molecule has 1 heterocycles. The van der Waals surface area contributed by atoms with Gasteiger partial charge in [-0.2, -0.15) is 0 Å². The van der Waals surface area contributed by atoms with Crippen LogP contribution in [0.25, 0.3) is 0 Å². The van der Waals surface area contributed by atoms with Gasteiger partial charge in [0.25, 0.3) is 0 Å².